The van der Waals surface area contributed by atoms with Crippen LogP contribution in [0.25, 0.3) is 0 Å². The number of halogens is 2. The first-order valence-electron chi connectivity index (χ1n) is 5.10. The minimum Gasteiger partial charge on any atom is -0.271 e. The zero-order chi connectivity index (χ0) is 11.3. The molecule has 1 rings (SSSR count). The molecule has 84 valence electrons. The fourth-order valence-corrected chi connectivity index (χ4v) is 2.06. The molecule has 1 atom stereocenters. The molecule has 1 aromatic rings. The summed E-state index contributed by atoms with van der Waals surface area (Å²) >= 11 is 11.9. The van der Waals surface area contributed by atoms with Crippen LogP contribution in [0.3, 0.4) is 0 Å². The standard InChI is InChI=1S/C11H16Cl2N2/c1-2-3-4-11(15-14)9-6-5-8(12)7-10(9)13/h5-7,11,15H,2-4,14H2,1H3. The van der Waals surface area contributed by atoms with Crippen LogP contribution >= 0.6 is 23.2 Å². The molecule has 0 amide bonds. The summed E-state index contributed by atoms with van der Waals surface area (Å²) in [6, 6.07) is 5.60. The predicted octanol–water partition coefficient (Wildman–Crippen LogP) is 3.69. The lowest BCUT2D eigenvalue weighted by Gasteiger charge is -2.17. The lowest BCUT2D eigenvalue weighted by molar-refractivity contribution is 0.495. The number of unbranched alkanes of at least 4 members (excludes halogenated alkanes) is 1. The van der Waals surface area contributed by atoms with Crippen LogP contribution in [-0.4, -0.2) is 0 Å². The van der Waals surface area contributed by atoms with E-state index >= 15 is 0 Å². The van der Waals surface area contributed by atoms with Gasteiger partial charge in [0, 0.05) is 16.1 Å². The molecule has 0 aliphatic carbocycles. The molecule has 0 radical (unpaired) electrons. The van der Waals surface area contributed by atoms with Crippen molar-refractivity contribution in [3.05, 3.63) is 33.8 Å². The Balaban J connectivity index is 2.81. The van der Waals surface area contributed by atoms with E-state index in [0.29, 0.717) is 10.0 Å². The maximum Gasteiger partial charge on any atom is 0.0474 e. The van der Waals surface area contributed by atoms with Crippen molar-refractivity contribution in [3.8, 4) is 0 Å². The van der Waals surface area contributed by atoms with E-state index in [9.17, 15) is 0 Å². The minimum atomic E-state index is 0.106. The normalized spacial score (nSPS) is 12.8. The van der Waals surface area contributed by atoms with Gasteiger partial charge in [0.25, 0.3) is 0 Å². The number of hydrazine groups is 1. The van der Waals surface area contributed by atoms with Gasteiger partial charge in [0.2, 0.25) is 0 Å². The van der Waals surface area contributed by atoms with E-state index < -0.39 is 0 Å². The van der Waals surface area contributed by atoms with Crippen LogP contribution in [0.2, 0.25) is 10.0 Å². The third kappa shape index (κ3) is 3.65. The van der Waals surface area contributed by atoms with Gasteiger partial charge in [0.1, 0.15) is 0 Å². The first kappa shape index (κ1) is 12.8. The number of hydrogen-bond donors (Lipinski definition) is 2. The van der Waals surface area contributed by atoms with E-state index in [0.717, 1.165) is 24.8 Å². The van der Waals surface area contributed by atoms with E-state index in [2.05, 4.69) is 12.3 Å². The van der Waals surface area contributed by atoms with Gasteiger partial charge in [0.15, 0.2) is 0 Å². The van der Waals surface area contributed by atoms with Crippen LogP contribution in [0, 0.1) is 0 Å². The highest BCUT2D eigenvalue weighted by Gasteiger charge is 2.12. The summed E-state index contributed by atoms with van der Waals surface area (Å²) in [5.74, 6) is 5.51. The molecule has 1 aromatic carbocycles. The van der Waals surface area contributed by atoms with Crippen LogP contribution in [0.5, 0.6) is 0 Å². The lowest BCUT2D eigenvalue weighted by Crippen LogP contribution is -2.28. The highest BCUT2D eigenvalue weighted by Crippen LogP contribution is 2.28. The maximum atomic E-state index is 6.10. The molecular weight excluding hydrogens is 231 g/mol. The van der Waals surface area contributed by atoms with Crippen molar-refractivity contribution in [3.63, 3.8) is 0 Å². The molecule has 0 saturated carbocycles. The van der Waals surface area contributed by atoms with Crippen molar-refractivity contribution in [1.82, 2.24) is 5.43 Å². The Morgan fingerprint density at radius 3 is 2.67 bits per heavy atom. The van der Waals surface area contributed by atoms with Gasteiger partial charge in [-0.1, -0.05) is 49.0 Å². The van der Waals surface area contributed by atoms with Gasteiger partial charge in [-0.25, -0.2) is 0 Å². The predicted molar refractivity (Wildman–Crippen MR) is 66.1 cm³/mol. The van der Waals surface area contributed by atoms with Gasteiger partial charge in [-0.2, -0.15) is 0 Å². The number of nitrogens with one attached hydrogen (secondary N) is 1. The minimum absolute atomic E-state index is 0.106. The average Bonchev–Trinajstić information content (AvgIpc) is 2.21. The molecule has 0 fully saturated rings. The second-order valence-electron chi connectivity index (χ2n) is 3.53. The molecule has 15 heavy (non-hydrogen) atoms. The summed E-state index contributed by atoms with van der Waals surface area (Å²) < 4.78 is 0. The molecule has 0 heterocycles. The SMILES string of the molecule is CCCCC(NN)c1ccc(Cl)cc1Cl. The second-order valence-corrected chi connectivity index (χ2v) is 4.37. The summed E-state index contributed by atoms with van der Waals surface area (Å²) in [5, 5.41) is 1.32. The van der Waals surface area contributed by atoms with Gasteiger partial charge in [-0.15, -0.1) is 0 Å². The van der Waals surface area contributed by atoms with E-state index in [-0.39, 0.29) is 6.04 Å². The van der Waals surface area contributed by atoms with Crippen LogP contribution in [0.15, 0.2) is 18.2 Å². The molecule has 3 N–H and O–H groups in total. The van der Waals surface area contributed by atoms with Crippen molar-refractivity contribution >= 4 is 23.2 Å². The summed E-state index contributed by atoms with van der Waals surface area (Å²) in [4.78, 5) is 0. The highest BCUT2D eigenvalue weighted by molar-refractivity contribution is 6.35. The smallest absolute Gasteiger partial charge is 0.0474 e. The Kier molecular flexibility index (Phi) is 5.40. The first-order chi connectivity index (χ1) is 7.19. The number of hydrogen-bond acceptors (Lipinski definition) is 2. The van der Waals surface area contributed by atoms with Crippen molar-refractivity contribution in [2.24, 2.45) is 5.84 Å². The number of rotatable bonds is 5. The zero-order valence-corrected chi connectivity index (χ0v) is 10.3. The van der Waals surface area contributed by atoms with Gasteiger partial charge < -0.3 is 0 Å². The molecule has 4 heteroatoms. The van der Waals surface area contributed by atoms with Gasteiger partial charge in [0.05, 0.1) is 0 Å². The van der Waals surface area contributed by atoms with Gasteiger partial charge in [-0.3, -0.25) is 11.3 Å². The van der Waals surface area contributed by atoms with Crippen molar-refractivity contribution < 1.29 is 0 Å². The monoisotopic (exact) mass is 246 g/mol. The number of nitrogens with two attached hydrogens (primary N) is 1. The molecule has 0 saturated heterocycles. The van der Waals surface area contributed by atoms with Crippen molar-refractivity contribution in [2.75, 3.05) is 0 Å². The summed E-state index contributed by atoms with van der Waals surface area (Å²) in [6.07, 6.45) is 3.24. The molecular formula is C11H16Cl2N2. The lowest BCUT2D eigenvalue weighted by atomic mass is 10.0. The number of benzene rings is 1. The fourth-order valence-electron chi connectivity index (χ4n) is 1.52. The average molecular weight is 247 g/mol. The molecule has 0 aliphatic heterocycles. The van der Waals surface area contributed by atoms with E-state index in [1.165, 1.54) is 0 Å². The van der Waals surface area contributed by atoms with Crippen molar-refractivity contribution in [1.29, 1.82) is 0 Å². The Labute approximate surface area is 101 Å². The van der Waals surface area contributed by atoms with Crippen LogP contribution in [0.4, 0.5) is 0 Å². The largest absolute Gasteiger partial charge is 0.271 e. The Bertz CT molecular complexity index is 315. The Morgan fingerprint density at radius 2 is 2.13 bits per heavy atom. The molecule has 0 aliphatic rings. The fraction of sp³-hybridized carbons (Fsp3) is 0.455. The highest BCUT2D eigenvalue weighted by atomic mass is 35.5. The summed E-state index contributed by atoms with van der Waals surface area (Å²) in [5.41, 5.74) is 3.80. The van der Waals surface area contributed by atoms with E-state index in [1.807, 2.05) is 12.1 Å². The quantitative estimate of drug-likeness (QED) is 0.615. The van der Waals surface area contributed by atoms with E-state index in [4.69, 9.17) is 29.0 Å². The molecule has 0 spiro atoms. The third-order valence-corrected chi connectivity index (χ3v) is 2.95. The summed E-state index contributed by atoms with van der Waals surface area (Å²) in [6.45, 7) is 2.15. The Hall–Kier alpha value is -0.280. The van der Waals surface area contributed by atoms with E-state index in [1.54, 1.807) is 6.07 Å². The maximum absolute atomic E-state index is 6.10. The molecule has 0 bridgehead atoms. The molecule has 2 nitrogen and oxygen atoms in total. The van der Waals surface area contributed by atoms with Gasteiger partial charge in [-0.05, 0) is 24.1 Å². The third-order valence-electron chi connectivity index (χ3n) is 2.39. The molecule has 1 unspecified atom stereocenters. The zero-order valence-electron chi connectivity index (χ0n) is 8.76. The van der Waals surface area contributed by atoms with Gasteiger partial charge >= 0.3 is 0 Å². The Morgan fingerprint density at radius 1 is 1.40 bits per heavy atom. The topological polar surface area (TPSA) is 38.0 Å². The first-order valence-corrected chi connectivity index (χ1v) is 5.85. The van der Waals surface area contributed by atoms with Crippen LogP contribution in [0.1, 0.15) is 37.8 Å². The molecule has 0 aromatic heterocycles. The summed E-state index contributed by atoms with van der Waals surface area (Å²) in [7, 11) is 0. The van der Waals surface area contributed by atoms with Crippen LogP contribution in [-0.2, 0) is 0 Å². The second kappa shape index (κ2) is 6.33. The van der Waals surface area contributed by atoms with Crippen molar-refractivity contribution in [2.45, 2.75) is 32.2 Å². The van der Waals surface area contributed by atoms with Crippen LogP contribution < -0.4 is 11.3 Å².